The summed E-state index contributed by atoms with van der Waals surface area (Å²) in [7, 11) is 0.968. The molecule has 0 amide bonds. The first kappa shape index (κ1) is 28.1. The Morgan fingerprint density at radius 3 is 2.68 bits per heavy atom. The van der Waals surface area contributed by atoms with Gasteiger partial charge in [0.05, 0.1) is 17.2 Å². The average molecular weight is 594 g/mol. The number of fused-ring (bicyclic) bond motifs is 1. The van der Waals surface area contributed by atoms with Gasteiger partial charge in [-0.2, -0.15) is 5.10 Å². The Morgan fingerprint density at radius 1 is 1.20 bits per heavy atom. The van der Waals surface area contributed by atoms with Crippen molar-refractivity contribution in [1.82, 2.24) is 24.7 Å². The van der Waals surface area contributed by atoms with Gasteiger partial charge in [0.1, 0.15) is 11.6 Å². The predicted molar refractivity (Wildman–Crippen MR) is 166 cm³/mol. The molecule has 1 saturated carbocycles. The summed E-state index contributed by atoms with van der Waals surface area (Å²) < 4.78 is 19.3. The quantitative estimate of drug-likeness (QED) is 0.254. The highest BCUT2D eigenvalue weighted by atomic mass is 35.5. The fourth-order valence-electron chi connectivity index (χ4n) is 6.00. The van der Waals surface area contributed by atoms with Crippen LogP contribution in [0.3, 0.4) is 0 Å². The number of hydrogen-bond donors (Lipinski definition) is 1. The SMILES string of the molecule is COC1(C)CCC1n1cc(-c2nccc(Nc3cc4c(C(C)C)ccc(N5CC(CS(C)=O)C5)c4cn3)n2)c(Cl)n1. The summed E-state index contributed by atoms with van der Waals surface area (Å²) in [6.45, 7) is 8.35. The Labute approximate surface area is 248 Å². The van der Waals surface area contributed by atoms with Gasteiger partial charge >= 0.3 is 0 Å². The van der Waals surface area contributed by atoms with Crippen molar-refractivity contribution in [1.29, 1.82) is 0 Å². The minimum Gasteiger partial charge on any atom is -0.376 e. The number of ether oxygens (including phenoxy) is 1. The van der Waals surface area contributed by atoms with Crippen molar-refractivity contribution in [2.45, 2.75) is 51.2 Å². The average Bonchev–Trinajstić information content (AvgIpc) is 3.29. The van der Waals surface area contributed by atoms with E-state index in [0.29, 0.717) is 40.0 Å². The van der Waals surface area contributed by atoms with Crippen LogP contribution >= 0.6 is 11.6 Å². The third-order valence-electron chi connectivity index (χ3n) is 8.55. The number of halogens is 1. The molecule has 1 aromatic carbocycles. The molecule has 6 rings (SSSR count). The van der Waals surface area contributed by atoms with Crippen LogP contribution in [0.4, 0.5) is 17.3 Å². The molecule has 1 aliphatic heterocycles. The number of hydrogen-bond acceptors (Lipinski definition) is 8. The Hall–Kier alpha value is -3.08. The van der Waals surface area contributed by atoms with Crippen molar-refractivity contribution >= 4 is 50.5 Å². The highest BCUT2D eigenvalue weighted by Crippen LogP contribution is 2.45. The summed E-state index contributed by atoms with van der Waals surface area (Å²) in [5, 5.41) is 10.6. The van der Waals surface area contributed by atoms with Gasteiger partial charge in [-0.05, 0) is 54.8 Å². The zero-order valence-electron chi connectivity index (χ0n) is 24.1. The van der Waals surface area contributed by atoms with Gasteiger partial charge in [0, 0.05) is 78.6 Å². The molecule has 2 aliphatic rings. The van der Waals surface area contributed by atoms with Crippen molar-refractivity contribution in [3.63, 3.8) is 0 Å². The van der Waals surface area contributed by atoms with Gasteiger partial charge < -0.3 is 15.0 Å². The molecular weight excluding hydrogens is 558 g/mol. The van der Waals surface area contributed by atoms with Crippen LogP contribution in [-0.2, 0) is 15.5 Å². The van der Waals surface area contributed by atoms with Crippen LogP contribution in [0.5, 0.6) is 0 Å². The van der Waals surface area contributed by atoms with Crippen molar-refractivity contribution in [3.05, 3.63) is 53.6 Å². The van der Waals surface area contributed by atoms with Crippen LogP contribution in [0, 0.1) is 5.92 Å². The molecule has 4 aromatic rings. The van der Waals surface area contributed by atoms with E-state index in [1.807, 2.05) is 23.1 Å². The minimum atomic E-state index is -0.768. The van der Waals surface area contributed by atoms with Crippen LogP contribution in [0.1, 0.15) is 51.1 Å². The van der Waals surface area contributed by atoms with Gasteiger partial charge in [0.25, 0.3) is 0 Å². The van der Waals surface area contributed by atoms with Crippen LogP contribution in [-0.4, -0.2) is 66.8 Å². The summed E-state index contributed by atoms with van der Waals surface area (Å²) in [5.74, 6) is 3.41. The van der Waals surface area contributed by atoms with Gasteiger partial charge in [-0.25, -0.2) is 15.0 Å². The highest BCUT2D eigenvalue weighted by molar-refractivity contribution is 7.84. The smallest absolute Gasteiger partial charge is 0.166 e. The molecular formula is C30H36ClN7O2S. The molecule has 0 spiro atoms. The minimum absolute atomic E-state index is 0.125. The van der Waals surface area contributed by atoms with Crippen LogP contribution in [0.2, 0.25) is 5.15 Å². The number of anilines is 3. The third-order valence-corrected chi connectivity index (χ3v) is 9.77. The third kappa shape index (κ3) is 5.33. The fraction of sp³-hybridized carbons (Fsp3) is 0.467. The highest BCUT2D eigenvalue weighted by Gasteiger charge is 2.45. The first-order valence-electron chi connectivity index (χ1n) is 14.0. The van der Waals surface area contributed by atoms with Crippen LogP contribution in [0.15, 0.2) is 42.9 Å². The van der Waals surface area contributed by atoms with E-state index in [9.17, 15) is 4.21 Å². The second-order valence-electron chi connectivity index (χ2n) is 11.7. The van der Waals surface area contributed by atoms with Crippen molar-refractivity contribution in [2.75, 3.05) is 42.4 Å². The summed E-state index contributed by atoms with van der Waals surface area (Å²) in [4.78, 5) is 16.3. The maximum atomic E-state index is 11.7. The van der Waals surface area contributed by atoms with Crippen molar-refractivity contribution in [2.24, 2.45) is 5.92 Å². The molecule has 9 nitrogen and oxygen atoms in total. The number of nitrogens with zero attached hydrogens (tertiary/aromatic N) is 6. The van der Waals surface area contributed by atoms with Gasteiger partial charge in [-0.1, -0.05) is 31.5 Å². The normalized spacial score (nSPS) is 21.6. The summed E-state index contributed by atoms with van der Waals surface area (Å²) in [5.41, 5.74) is 2.87. The van der Waals surface area contributed by atoms with Crippen molar-refractivity contribution < 1.29 is 8.95 Å². The van der Waals surface area contributed by atoms with E-state index in [2.05, 4.69) is 59.3 Å². The second kappa shape index (κ2) is 11.0. The monoisotopic (exact) mass is 593 g/mol. The zero-order valence-corrected chi connectivity index (χ0v) is 25.7. The van der Waals surface area contributed by atoms with E-state index >= 15 is 0 Å². The largest absolute Gasteiger partial charge is 0.376 e. The molecule has 41 heavy (non-hydrogen) atoms. The summed E-state index contributed by atoms with van der Waals surface area (Å²) >= 11 is 6.55. The lowest BCUT2D eigenvalue weighted by atomic mass is 9.76. The molecule has 3 unspecified atom stereocenters. The lowest BCUT2D eigenvalue weighted by Gasteiger charge is -2.45. The number of methoxy groups -OCH3 is 1. The molecule has 3 aromatic heterocycles. The van der Waals surface area contributed by atoms with Gasteiger partial charge in [0.15, 0.2) is 11.0 Å². The van der Waals surface area contributed by atoms with E-state index in [0.717, 1.165) is 42.5 Å². The lowest BCUT2D eigenvalue weighted by molar-refractivity contribution is -0.105. The van der Waals surface area contributed by atoms with E-state index in [1.165, 1.54) is 11.3 Å². The number of aromatic nitrogens is 5. The van der Waals surface area contributed by atoms with Crippen molar-refractivity contribution in [3.8, 4) is 11.4 Å². The standard InChI is InChI=1S/C30H36ClN7O2S/c1-18(2)20-6-7-24(37-14-19(15-37)17-41(5)39)22-13-33-27(12-21(20)22)34-26-9-11-32-29(35-26)23-16-38(36-28(23)31)25-8-10-30(25,3)40-4/h6-7,9,11-13,16,18-19,25H,8,10,14-15,17H2,1-5H3,(H,32,33,34,35). The summed E-state index contributed by atoms with van der Waals surface area (Å²) in [6.07, 6.45) is 9.31. The molecule has 1 saturated heterocycles. The Balaban J connectivity index is 1.26. The maximum Gasteiger partial charge on any atom is 0.166 e. The maximum absolute atomic E-state index is 11.7. The fourth-order valence-corrected chi connectivity index (χ4v) is 7.09. The molecule has 1 aliphatic carbocycles. The first-order valence-corrected chi connectivity index (χ1v) is 16.1. The lowest BCUT2D eigenvalue weighted by Crippen LogP contribution is -2.49. The predicted octanol–water partition coefficient (Wildman–Crippen LogP) is 5.96. The van der Waals surface area contributed by atoms with Gasteiger partial charge in [0.2, 0.25) is 0 Å². The molecule has 4 heterocycles. The zero-order chi connectivity index (χ0) is 28.9. The van der Waals surface area contributed by atoms with E-state index in [1.54, 1.807) is 19.6 Å². The van der Waals surface area contributed by atoms with Crippen LogP contribution < -0.4 is 10.2 Å². The van der Waals surface area contributed by atoms with Gasteiger partial charge in [-0.15, -0.1) is 0 Å². The number of pyridine rings is 1. The van der Waals surface area contributed by atoms with E-state index < -0.39 is 10.8 Å². The Kier molecular flexibility index (Phi) is 7.50. The summed E-state index contributed by atoms with van der Waals surface area (Å²) in [6, 6.07) is 8.46. The number of nitrogens with one attached hydrogen (secondary N) is 1. The molecule has 11 heteroatoms. The Morgan fingerprint density at radius 2 is 2.00 bits per heavy atom. The second-order valence-corrected chi connectivity index (χ2v) is 13.6. The topological polar surface area (TPSA) is 98.1 Å². The van der Waals surface area contributed by atoms with E-state index in [-0.39, 0.29) is 11.6 Å². The Bertz CT molecular complexity index is 1620. The number of rotatable bonds is 9. The molecule has 2 fully saturated rings. The number of benzene rings is 1. The van der Waals surface area contributed by atoms with Crippen LogP contribution in [0.25, 0.3) is 22.2 Å². The molecule has 0 bridgehead atoms. The molecule has 1 N–H and O–H groups in total. The molecule has 0 radical (unpaired) electrons. The molecule has 3 atom stereocenters. The van der Waals surface area contributed by atoms with Gasteiger partial charge in [-0.3, -0.25) is 8.89 Å². The first-order chi connectivity index (χ1) is 19.6. The van der Waals surface area contributed by atoms with E-state index in [4.69, 9.17) is 26.3 Å². The molecule has 216 valence electrons.